The van der Waals surface area contributed by atoms with E-state index in [1.54, 1.807) is 0 Å². The molecule has 1 amide bonds. The summed E-state index contributed by atoms with van der Waals surface area (Å²) in [4.78, 5) is 21.2. The van der Waals surface area contributed by atoms with Crippen molar-refractivity contribution >= 4 is 11.7 Å². The molecule has 2 rings (SSSR count). The minimum absolute atomic E-state index is 0.144. The summed E-state index contributed by atoms with van der Waals surface area (Å²) < 4.78 is 0. The summed E-state index contributed by atoms with van der Waals surface area (Å²) >= 11 is 0. The minimum Gasteiger partial charge on any atom is -0.368 e. The highest BCUT2D eigenvalue weighted by Gasteiger charge is 2.25. The zero-order valence-electron chi connectivity index (χ0n) is 10.0. The number of carbonyl (C=O) groups excluding carboxylic acids is 1. The van der Waals surface area contributed by atoms with Crippen LogP contribution in [0.5, 0.6) is 0 Å². The number of nitriles is 1. The average molecular weight is 245 g/mol. The summed E-state index contributed by atoms with van der Waals surface area (Å²) in [7, 11) is 0. The Bertz CT molecular complexity index is 458. The quantitative estimate of drug-likeness (QED) is 0.837. The summed E-state index contributed by atoms with van der Waals surface area (Å²) in [5.74, 6) is 0.229. The molecule has 1 aliphatic rings. The number of amides is 1. The molecule has 0 spiro atoms. The first kappa shape index (κ1) is 12.3. The summed E-state index contributed by atoms with van der Waals surface area (Å²) in [6, 6.07) is 2.21. The Balaban J connectivity index is 2.21. The maximum Gasteiger partial charge on any atom is 0.237 e. The van der Waals surface area contributed by atoms with E-state index in [0.717, 1.165) is 25.7 Å². The summed E-state index contributed by atoms with van der Waals surface area (Å²) in [6.45, 7) is 0.144. The molecule has 6 heteroatoms. The fourth-order valence-corrected chi connectivity index (χ4v) is 2.31. The van der Waals surface area contributed by atoms with Crippen molar-refractivity contribution in [3.05, 3.63) is 18.1 Å². The predicted octanol–water partition coefficient (Wildman–Crippen LogP) is 0.583. The van der Waals surface area contributed by atoms with E-state index >= 15 is 0 Å². The first-order valence-electron chi connectivity index (χ1n) is 5.98. The van der Waals surface area contributed by atoms with Crippen LogP contribution in [-0.4, -0.2) is 28.5 Å². The van der Waals surface area contributed by atoms with Gasteiger partial charge in [-0.3, -0.25) is 4.79 Å². The lowest BCUT2D eigenvalue weighted by atomic mass is 10.2. The van der Waals surface area contributed by atoms with E-state index in [2.05, 4.69) is 9.97 Å². The summed E-state index contributed by atoms with van der Waals surface area (Å²) in [6.07, 6.45) is 7.33. The Hall–Kier alpha value is -2.16. The molecule has 1 saturated carbocycles. The van der Waals surface area contributed by atoms with Gasteiger partial charge in [0.05, 0.1) is 18.9 Å². The van der Waals surface area contributed by atoms with Gasteiger partial charge in [0.2, 0.25) is 5.91 Å². The highest BCUT2D eigenvalue weighted by Crippen LogP contribution is 2.26. The highest BCUT2D eigenvalue weighted by atomic mass is 16.1. The van der Waals surface area contributed by atoms with Crippen LogP contribution in [0.15, 0.2) is 12.4 Å². The lowest BCUT2D eigenvalue weighted by molar-refractivity contribution is -0.116. The normalized spacial score (nSPS) is 15.3. The van der Waals surface area contributed by atoms with Crippen LogP contribution in [-0.2, 0) is 4.79 Å². The van der Waals surface area contributed by atoms with Gasteiger partial charge in [0.1, 0.15) is 11.9 Å². The largest absolute Gasteiger partial charge is 0.368 e. The molecule has 1 fully saturated rings. The van der Waals surface area contributed by atoms with Crippen molar-refractivity contribution in [2.24, 2.45) is 5.73 Å². The van der Waals surface area contributed by atoms with Crippen LogP contribution >= 0.6 is 0 Å². The van der Waals surface area contributed by atoms with Crippen LogP contribution in [0.2, 0.25) is 0 Å². The van der Waals surface area contributed by atoms with Crippen LogP contribution in [0.3, 0.4) is 0 Å². The molecule has 18 heavy (non-hydrogen) atoms. The third kappa shape index (κ3) is 2.74. The van der Waals surface area contributed by atoms with E-state index in [-0.39, 0.29) is 18.1 Å². The maximum atomic E-state index is 11.1. The minimum atomic E-state index is -0.381. The standard InChI is InChI=1S/C12H15N5O/c13-5-9-6-16-12(7-15-9)17(8-11(14)18)10-3-1-2-4-10/h6-7,10H,1-4,8H2,(H2,14,18). The topological polar surface area (TPSA) is 95.9 Å². The highest BCUT2D eigenvalue weighted by molar-refractivity contribution is 5.79. The number of hydrogen-bond acceptors (Lipinski definition) is 5. The SMILES string of the molecule is N#Cc1cnc(N(CC(N)=O)C2CCCC2)cn1. The van der Waals surface area contributed by atoms with E-state index in [1.165, 1.54) is 12.4 Å². The second-order valence-corrected chi connectivity index (χ2v) is 4.40. The zero-order chi connectivity index (χ0) is 13.0. The van der Waals surface area contributed by atoms with Crippen molar-refractivity contribution in [1.82, 2.24) is 9.97 Å². The number of anilines is 1. The van der Waals surface area contributed by atoms with E-state index in [1.807, 2.05) is 11.0 Å². The molecule has 6 nitrogen and oxygen atoms in total. The van der Waals surface area contributed by atoms with Crippen LogP contribution in [0.25, 0.3) is 0 Å². The van der Waals surface area contributed by atoms with Crippen molar-refractivity contribution in [2.45, 2.75) is 31.7 Å². The molecular formula is C12H15N5O. The van der Waals surface area contributed by atoms with Crippen molar-refractivity contribution in [2.75, 3.05) is 11.4 Å². The zero-order valence-corrected chi connectivity index (χ0v) is 10.0. The van der Waals surface area contributed by atoms with E-state index < -0.39 is 0 Å². The molecule has 0 saturated heterocycles. The van der Waals surface area contributed by atoms with Gasteiger partial charge in [0, 0.05) is 6.04 Å². The molecule has 2 N–H and O–H groups in total. The Morgan fingerprint density at radius 1 is 1.44 bits per heavy atom. The summed E-state index contributed by atoms with van der Waals surface area (Å²) in [5, 5.41) is 8.68. The average Bonchev–Trinajstić information content (AvgIpc) is 2.89. The molecule has 1 aromatic heterocycles. The lowest BCUT2D eigenvalue weighted by Crippen LogP contribution is -2.40. The smallest absolute Gasteiger partial charge is 0.237 e. The van der Waals surface area contributed by atoms with Crippen molar-refractivity contribution in [3.8, 4) is 6.07 Å². The number of primary amides is 1. The molecule has 0 radical (unpaired) electrons. The van der Waals surface area contributed by atoms with E-state index in [0.29, 0.717) is 11.9 Å². The first-order valence-corrected chi connectivity index (χ1v) is 5.98. The lowest BCUT2D eigenvalue weighted by Gasteiger charge is -2.28. The monoisotopic (exact) mass is 245 g/mol. The van der Waals surface area contributed by atoms with Crippen molar-refractivity contribution in [3.63, 3.8) is 0 Å². The molecular weight excluding hydrogens is 230 g/mol. The fraction of sp³-hybridized carbons (Fsp3) is 0.500. The molecule has 0 aromatic carbocycles. The van der Waals surface area contributed by atoms with Crippen LogP contribution < -0.4 is 10.6 Å². The third-order valence-corrected chi connectivity index (χ3v) is 3.14. The van der Waals surface area contributed by atoms with Crippen molar-refractivity contribution in [1.29, 1.82) is 5.26 Å². The van der Waals surface area contributed by atoms with Crippen LogP contribution in [0.4, 0.5) is 5.82 Å². The van der Waals surface area contributed by atoms with E-state index in [4.69, 9.17) is 11.0 Å². The number of nitrogens with zero attached hydrogens (tertiary/aromatic N) is 4. The van der Waals surface area contributed by atoms with Gasteiger partial charge in [0.15, 0.2) is 5.69 Å². The summed E-state index contributed by atoms with van der Waals surface area (Å²) in [5.41, 5.74) is 5.54. The van der Waals surface area contributed by atoms with Gasteiger partial charge in [-0.2, -0.15) is 5.26 Å². The number of nitrogens with two attached hydrogens (primary N) is 1. The van der Waals surface area contributed by atoms with Crippen molar-refractivity contribution < 1.29 is 4.79 Å². The number of rotatable bonds is 4. The molecule has 0 bridgehead atoms. The van der Waals surface area contributed by atoms with Gasteiger partial charge >= 0.3 is 0 Å². The first-order chi connectivity index (χ1) is 8.70. The van der Waals surface area contributed by atoms with Gasteiger partial charge in [0.25, 0.3) is 0 Å². The van der Waals surface area contributed by atoms with Crippen LogP contribution in [0.1, 0.15) is 31.4 Å². The van der Waals surface area contributed by atoms with E-state index in [9.17, 15) is 4.79 Å². The Morgan fingerprint density at radius 2 is 2.17 bits per heavy atom. The molecule has 94 valence electrons. The van der Waals surface area contributed by atoms with Gasteiger partial charge < -0.3 is 10.6 Å². The van der Waals surface area contributed by atoms with Gasteiger partial charge in [-0.15, -0.1) is 0 Å². The maximum absolute atomic E-state index is 11.1. The Morgan fingerprint density at radius 3 is 2.67 bits per heavy atom. The van der Waals surface area contributed by atoms with Gasteiger partial charge in [-0.25, -0.2) is 9.97 Å². The molecule has 0 atom stereocenters. The fourth-order valence-electron chi connectivity index (χ4n) is 2.31. The number of hydrogen-bond donors (Lipinski definition) is 1. The Kier molecular flexibility index (Phi) is 3.72. The molecule has 1 aliphatic carbocycles. The number of carbonyl (C=O) groups is 1. The Labute approximate surface area is 105 Å². The third-order valence-electron chi connectivity index (χ3n) is 3.14. The number of aromatic nitrogens is 2. The van der Waals surface area contributed by atoms with Crippen LogP contribution in [0, 0.1) is 11.3 Å². The molecule has 0 aliphatic heterocycles. The van der Waals surface area contributed by atoms with Gasteiger partial charge in [-0.1, -0.05) is 12.8 Å². The second-order valence-electron chi connectivity index (χ2n) is 4.40. The van der Waals surface area contributed by atoms with Gasteiger partial charge in [-0.05, 0) is 12.8 Å². The second kappa shape index (κ2) is 5.45. The molecule has 0 unspecified atom stereocenters. The molecule has 1 aromatic rings. The predicted molar refractivity (Wildman–Crippen MR) is 65.5 cm³/mol. The molecule has 1 heterocycles.